The normalized spacial score (nSPS) is 11.8. The van der Waals surface area contributed by atoms with E-state index in [1.165, 1.54) is 6.20 Å². The van der Waals surface area contributed by atoms with E-state index in [0.29, 0.717) is 17.0 Å². The van der Waals surface area contributed by atoms with Gasteiger partial charge in [-0.15, -0.1) is 0 Å². The Kier molecular flexibility index (Phi) is 5.30. The fourth-order valence-electron chi connectivity index (χ4n) is 1.38. The second-order valence-corrected chi connectivity index (χ2v) is 3.83. The van der Waals surface area contributed by atoms with Gasteiger partial charge in [0.25, 0.3) is 0 Å². The minimum Gasteiger partial charge on any atom is -0.424 e. The molecule has 0 aliphatic heterocycles. The predicted octanol–water partition coefficient (Wildman–Crippen LogP) is 2.38. The summed E-state index contributed by atoms with van der Waals surface area (Å²) < 4.78 is 5.55. The third kappa shape index (κ3) is 4.28. The number of benzene rings is 1. The van der Waals surface area contributed by atoms with E-state index in [4.69, 9.17) is 15.7 Å². The van der Waals surface area contributed by atoms with Crippen molar-refractivity contribution < 1.29 is 4.74 Å². The molecule has 0 amide bonds. The van der Waals surface area contributed by atoms with Gasteiger partial charge in [0.2, 0.25) is 0 Å². The van der Waals surface area contributed by atoms with Crippen LogP contribution in [0.25, 0.3) is 0 Å². The highest BCUT2D eigenvalue weighted by molar-refractivity contribution is 5.81. The van der Waals surface area contributed by atoms with Crippen molar-refractivity contribution in [2.75, 3.05) is 0 Å². The van der Waals surface area contributed by atoms with Gasteiger partial charge in [0.05, 0.1) is 17.8 Å². The highest BCUT2D eigenvalue weighted by atomic mass is 16.5. The van der Waals surface area contributed by atoms with Crippen LogP contribution in [-0.2, 0) is 6.42 Å². The van der Waals surface area contributed by atoms with Crippen LogP contribution in [0.1, 0.15) is 25.0 Å². The van der Waals surface area contributed by atoms with Crippen molar-refractivity contribution in [3.63, 3.8) is 0 Å². The molecule has 1 rings (SSSR count). The molecule has 5 heteroatoms. The monoisotopic (exact) mass is 256 g/mol. The summed E-state index contributed by atoms with van der Waals surface area (Å²) in [4.78, 5) is 7.65. The Bertz CT molecular complexity index is 563. The van der Waals surface area contributed by atoms with Gasteiger partial charge in [-0.2, -0.15) is 5.26 Å². The summed E-state index contributed by atoms with van der Waals surface area (Å²) in [5, 5.41) is 8.86. The SMILES string of the molecule is C=N/C(=N\C=C(/C)N)Oc1ccc(C#N)cc1CC. The number of nitriles is 1. The molecule has 0 heterocycles. The number of hydrogen-bond acceptors (Lipinski definition) is 4. The van der Waals surface area contributed by atoms with Crippen molar-refractivity contribution in [1.82, 2.24) is 0 Å². The zero-order valence-corrected chi connectivity index (χ0v) is 11.1. The van der Waals surface area contributed by atoms with E-state index in [2.05, 4.69) is 22.8 Å². The van der Waals surface area contributed by atoms with Crippen LogP contribution < -0.4 is 10.5 Å². The topological polar surface area (TPSA) is 83.8 Å². The Morgan fingerprint density at radius 3 is 2.84 bits per heavy atom. The van der Waals surface area contributed by atoms with Gasteiger partial charge in [-0.1, -0.05) is 6.92 Å². The molecule has 0 aliphatic carbocycles. The van der Waals surface area contributed by atoms with Gasteiger partial charge in [0.1, 0.15) is 5.75 Å². The Hall–Kier alpha value is -2.61. The molecule has 0 aliphatic rings. The Morgan fingerprint density at radius 1 is 1.58 bits per heavy atom. The van der Waals surface area contributed by atoms with E-state index >= 15 is 0 Å². The molecule has 1 aromatic rings. The summed E-state index contributed by atoms with van der Waals surface area (Å²) in [5.74, 6) is 0.607. The third-order valence-corrected chi connectivity index (χ3v) is 2.29. The lowest BCUT2D eigenvalue weighted by Crippen LogP contribution is -2.06. The molecule has 0 saturated carbocycles. The lowest BCUT2D eigenvalue weighted by Gasteiger charge is -2.08. The molecule has 0 bridgehead atoms. The number of hydrogen-bond donors (Lipinski definition) is 1. The standard InChI is InChI=1S/C14H16N4O/c1-4-12-7-11(8-15)5-6-13(12)19-14(17-3)18-9-10(2)16/h5-7,9H,3-4,16H2,1-2H3/b10-9+,18-14+. The molecule has 0 unspecified atom stereocenters. The van der Waals surface area contributed by atoms with Gasteiger partial charge in [-0.25, -0.2) is 9.98 Å². The van der Waals surface area contributed by atoms with Crippen LogP contribution in [0.4, 0.5) is 0 Å². The first-order valence-electron chi connectivity index (χ1n) is 5.78. The van der Waals surface area contributed by atoms with Gasteiger partial charge in [-0.3, -0.25) is 0 Å². The Balaban J connectivity index is 3.04. The molecule has 0 spiro atoms. The zero-order valence-electron chi connectivity index (χ0n) is 11.1. The van der Waals surface area contributed by atoms with Crippen molar-refractivity contribution in [3.8, 4) is 11.8 Å². The average Bonchev–Trinajstić information content (AvgIpc) is 2.43. The van der Waals surface area contributed by atoms with Gasteiger partial charge in [-0.05, 0) is 43.8 Å². The summed E-state index contributed by atoms with van der Waals surface area (Å²) in [6, 6.07) is 7.38. The van der Waals surface area contributed by atoms with E-state index < -0.39 is 0 Å². The van der Waals surface area contributed by atoms with Crippen molar-refractivity contribution in [3.05, 3.63) is 41.2 Å². The number of nitrogens with zero attached hydrogens (tertiary/aromatic N) is 3. The van der Waals surface area contributed by atoms with Crippen molar-refractivity contribution in [2.45, 2.75) is 20.3 Å². The number of rotatable bonds is 3. The molecule has 5 nitrogen and oxygen atoms in total. The Morgan fingerprint density at radius 2 is 2.32 bits per heavy atom. The number of ether oxygens (including phenoxy) is 1. The van der Waals surface area contributed by atoms with Gasteiger partial charge >= 0.3 is 6.02 Å². The molecule has 19 heavy (non-hydrogen) atoms. The molecule has 2 N–H and O–H groups in total. The quantitative estimate of drug-likeness (QED) is 0.665. The molecule has 0 saturated heterocycles. The molecule has 0 fully saturated rings. The fourth-order valence-corrected chi connectivity index (χ4v) is 1.38. The van der Waals surface area contributed by atoms with Crippen LogP contribution in [0.5, 0.6) is 5.75 Å². The number of aliphatic imine (C=N–C) groups is 2. The van der Waals surface area contributed by atoms with Crippen LogP contribution in [-0.4, -0.2) is 12.7 Å². The van der Waals surface area contributed by atoms with Gasteiger partial charge in [0.15, 0.2) is 0 Å². The molecule has 0 radical (unpaired) electrons. The molecular formula is C14H16N4O. The molecule has 0 aromatic heterocycles. The van der Waals surface area contributed by atoms with E-state index in [0.717, 1.165) is 12.0 Å². The predicted molar refractivity (Wildman–Crippen MR) is 76.1 cm³/mol. The smallest absolute Gasteiger partial charge is 0.321 e. The van der Waals surface area contributed by atoms with Crippen LogP contribution in [0.3, 0.4) is 0 Å². The highest BCUT2D eigenvalue weighted by Gasteiger charge is 2.06. The van der Waals surface area contributed by atoms with Crippen LogP contribution in [0, 0.1) is 11.3 Å². The second kappa shape index (κ2) is 6.97. The lowest BCUT2D eigenvalue weighted by molar-refractivity contribution is 0.536. The van der Waals surface area contributed by atoms with Crippen LogP contribution in [0.2, 0.25) is 0 Å². The van der Waals surface area contributed by atoms with Crippen LogP contribution in [0.15, 0.2) is 40.1 Å². The first kappa shape index (κ1) is 14.5. The van der Waals surface area contributed by atoms with Gasteiger partial charge in [0, 0.05) is 5.70 Å². The molecular weight excluding hydrogens is 240 g/mol. The maximum atomic E-state index is 8.86. The molecule has 0 atom stereocenters. The van der Waals surface area contributed by atoms with Crippen molar-refractivity contribution in [1.29, 1.82) is 5.26 Å². The maximum Gasteiger partial charge on any atom is 0.321 e. The van der Waals surface area contributed by atoms with Crippen molar-refractivity contribution >= 4 is 12.7 Å². The number of allylic oxidation sites excluding steroid dienone is 1. The summed E-state index contributed by atoms with van der Waals surface area (Å²) in [7, 11) is 0. The minimum absolute atomic E-state index is 0.115. The highest BCUT2D eigenvalue weighted by Crippen LogP contribution is 2.21. The summed E-state index contributed by atoms with van der Waals surface area (Å²) >= 11 is 0. The molecule has 98 valence electrons. The summed E-state index contributed by atoms with van der Waals surface area (Å²) in [5.41, 5.74) is 7.52. The fraction of sp³-hybridized carbons (Fsp3) is 0.214. The minimum atomic E-state index is 0.115. The zero-order chi connectivity index (χ0) is 14.3. The lowest BCUT2D eigenvalue weighted by atomic mass is 10.1. The van der Waals surface area contributed by atoms with E-state index in [1.54, 1.807) is 25.1 Å². The van der Waals surface area contributed by atoms with Crippen molar-refractivity contribution in [2.24, 2.45) is 15.7 Å². The number of aryl methyl sites for hydroxylation is 1. The van der Waals surface area contributed by atoms with E-state index in [9.17, 15) is 0 Å². The number of amidine groups is 1. The second-order valence-electron chi connectivity index (χ2n) is 3.83. The van der Waals surface area contributed by atoms with Gasteiger partial charge < -0.3 is 10.5 Å². The van der Waals surface area contributed by atoms with Crippen LogP contribution >= 0.6 is 0 Å². The summed E-state index contributed by atoms with van der Waals surface area (Å²) in [6.45, 7) is 7.09. The maximum absolute atomic E-state index is 8.86. The largest absolute Gasteiger partial charge is 0.424 e. The third-order valence-electron chi connectivity index (χ3n) is 2.29. The summed E-state index contributed by atoms with van der Waals surface area (Å²) in [6.07, 6.45) is 2.18. The molecule has 1 aromatic carbocycles. The van der Waals surface area contributed by atoms with E-state index in [1.807, 2.05) is 6.92 Å². The Labute approximate surface area is 112 Å². The van der Waals surface area contributed by atoms with E-state index in [-0.39, 0.29) is 6.02 Å². The first-order valence-corrected chi connectivity index (χ1v) is 5.78. The number of nitrogens with two attached hydrogens (primary N) is 1. The first-order chi connectivity index (χ1) is 9.10. The average molecular weight is 256 g/mol.